The average molecular weight is 405 g/mol. The van der Waals surface area contributed by atoms with Gasteiger partial charge in [-0.25, -0.2) is 15.0 Å². The number of fused-ring (bicyclic) bond motifs is 1. The lowest BCUT2D eigenvalue weighted by Gasteiger charge is -2.33. The number of hydrogen-bond acceptors (Lipinski definition) is 7. The van der Waals surface area contributed by atoms with Crippen LogP contribution >= 0.6 is 0 Å². The van der Waals surface area contributed by atoms with Crippen LogP contribution in [0.15, 0.2) is 34.2 Å². The highest BCUT2D eigenvalue weighted by molar-refractivity contribution is 5.71. The van der Waals surface area contributed by atoms with Gasteiger partial charge < -0.3 is 9.47 Å². The van der Waals surface area contributed by atoms with Gasteiger partial charge in [-0.15, -0.1) is 0 Å². The fourth-order valence-electron chi connectivity index (χ4n) is 3.87. The standard InChI is InChI=1S/C21H23N7O2/c1-13(2)15-8-17-18(23-12-15)28(20(30)19(29)26(17)3)16-4-6-27(7-5-16)21-24-10-14(9-22)11-25-21/h8,10-13,16H,4-7H2,1-3H3. The maximum absolute atomic E-state index is 12.9. The second-order valence-corrected chi connectivity index (χ2v) is 7.91. The zero-order chi connectivity index (χ0) is 21.4. The molecule has 30 heavy (non-hydrogen) atoms. The third-order valence-electron chi connectivity index (χ3n) is 5.71. The maximum Gasteiger partial charge on any atom is 0.318 e. The molecular formula is C21H23N7O2. The Morgan fingerprint density at radius 3 is 2.33 bits per heavy atom. The molecule has 4 rings (SSSR count). The Balaban J connectivity index is 1.68. The lowest BCUT2D eigenvalue weighted by Crippen LogP contribution is -2.45. The van der Waals surface area contributed by atoms with Crippen LogP contribution in [0.3, 0.4) is 0 Å². The number of piperidine rings is 1. The number of nitriles is 1. The van der Waals surface area contributed by atoms with Gasteiger partial charge in [0.2, 0.25) is 5.95 Å². The van der Waals surface area contributed by atoms with Gasteiger partial charge in [0.1, 0.15) is 6.07 Å². The normalized spacial score (nSPS) is 15.0. The van der Waals surface area contributed by atoms with Crippen LogP contribution < -0.4 is 16.0 Å². The molecule has 0 N–H and O–H groups in total. The molecule has 1 fully saturated rings. The van der Waals surface area contributed by atoms with E-state index in [0.717, 1.165) is 5.56 Å². The molecule has 0 bridgehead atoms. The molecular weight excluding hydrogens is 382 g/mol. The van der Waals surface area contributed by atoms with Crippen molar-refractivity contribution in [3.8, 4) is 6.07 Å². The van der Waals surface area contributed by atoms with Gasteiger partial charge in [-0.1, -0.05) is 13.8 Å². The second kappa shape index (κ2) is 7.71. The number of rotatable bonds is 3. The lowest BCUT2D eigenvalue weighted by molar-refractivity contribution is 0.389. The Hall–Kier alpha value is -3.54. The smallest absolute Gasteiger partial charge is 0.318 e. The quantitative estimate of drug-likeness (QED) is 0.610. The molecule has 0 amide bonds. The Morgan fingerprint density at radius 2 is 1.73 bits per heavy atom. The van der Waals surface area contributed by atoms with Crippen LogP contribution in [-0.2, 0) is 7.05 Å². The van der Waals surface area contributed by atoms with Crippen molar-refractivity contribution in [1.82, 2.24) is 24.1 Å². The minimum atomic E-state index is -0.539. The molecule has 0 aliphatic carbocycles. The summed E-state index contributed by atoms with van der Waals surface area (Å²) in [6, 6.07) is 3.83. The Morgan fingerprint density at radius 1 is 1.07 bits per heavy atom. The Bertz CT molecular complexity index is 1240. The fraction of sp³-hybridized carbons (Fsp3) is 0.429. The van der Waals surface area contributed by atoms with Crippen molar-refractivity contribution in [3.05, 3.63) is 56.5 Å². The number of aromatic nitrogens is 5. The number of nitrogens with zero attached hydrogens (tertiary/aromatic N) is 7. The number of pyridine rings is 1. The molecule has 154 valence electrons. The number of aryl methyl sites for hydroxylation is 1. The Kier molecular flexibility index (Phi) is 5.08. The van der Waals surface area contributed by atoms with Crippen molar-refractivity contribution in [2.75, 3.05) is 18.0 Å². The van der Waals surface area contributed by atoms with Crippen LogP contribution in [-0.4, -0.2) is 37.2 Å². The third kappa shape index (κ3) is 3.34. The van der Waals surface area contributed by atoms with E-state index in [1.165, 1.54) is 17.0 Å². The van der Waals surface area contributed by atoms with Crippen molar-refractivity contribution in [2.45, 2.75) is 38.6 Å². The molecule has 9 heteroatoms. The van der Waals surface area contributed by atoms with Crippen molar-refractivity contribution >= 4 is 17.1 Å². The van der Waals surface area contributed by atoms with Crippen molar-refractivity contribution in [3.63, 3.8) is 0 Å². The van der Waals surface area contributed by atoms with Gasteiger partial charge in [0.25, 0.3) is 0 Å². The molecule has 3 aromatic heterocycles. The summed E-state index contributed by atoms with van der Waals surface area (Å²) in [6.45, 7) is 5.42. The van der Waals surface area contributed by atoms with Crippen LogP contribution in [0.4, 0.5) is 5.95 Å². The molecule has 4 heterocycles. The van der Waals surface area contributed by atoms with Crippen molar-refractivity contribution < 1.29 is 0 Å². The van der Waals surface area contributed by atoms with E-state index in [1.54, 1.807) is 17.8 Å². The van der Waals surface area contributed by atoms with E-state index in [1.807, 2.05) is 17.0 Å². The molecule has 3 aromatic rings. The molecule has 0 atom stereocenters. The van der Waals surface area contributed by atoms with Gasteiger partial charge in [0.05, 0.1) is 23.5 Å². The summed E-state index contributed by atoms with van der Waals surface area (Å²) in [5.74, 6) is 0.835. The van der Waals surface area contributed by atoms with Crippen LogP contribution in [0.2, 0.25) is 0 Å². The third-order valence-corrected chi connectivity index (χ3v) is 5.71. The van der Waals surface area contributed by atoms with Gasteiger partial charge in [0, 0.05) is 32.4 Å². The summed E-state index contributed by atoms with van der Waals surface area (Å²) in [5, 5.41) is 8.89. The highest BCUT2D eigenvalue weighted by Gasteiger charge is 2.26. The average Bonchev–Trinajstić information content (AvgIpc) is 2.78. The summed E-state index contributed by atoms with van der Waals surface area (Å²) < 4.78 is 2.96. The predicted molar refractivity (Wildman–Crippen MR) is 113 cm³/mol. The molecule has 1 saturated heterocycles. The lowest BCUT2D eigenvalue weighted by atomic mass is 10.0. The highest BCUT2D eigenvalue weighted by atomic mass is 16.2. The van der Waals surface area contributed by atoms with E-state index in [-0.39, 0.29) is 12.0 Å². The van der Waals surface area contributed by atoms with Crippen LogP contribution in [0.25, 0.3) is 11.2 Å². The first-order chi connectivity index (χ1) is 14.4. The van der Waals surface area contributed by atoms with Crippen molar-refractivity contribution in [1.29, 1.82) is 5.26 Å². The van der Waals surface area contributed by atoms with Crippen LogP contribution in [0.1, 0.15) is 49.8 Å². The molecule has 0 aromatic carbocycles. The predicted octanol–water partition coefficient (Wildman–Crippen LogP) is 1.72. The summed E-state index contributed by atoms with van der Waals surface area (Å²) in [7, 11) is 1.62. The van der Waals surface area contributed by atoms with E-state index < -0.39 is 11.1 Å². The van der Waals surface area contributed by atoms with Crippen LogP contribution in [0.5, 0.6) is 0 Å². The highest BCUT2D eigenvalue weighted by Crippen LogP contribution is 2.26. The Labute approximate surface area is 173 Å². The van der Waals surface area contributed by atoms with E-state index in [9.17, 15) is 9.59 Å². The number of hydrogen-bond donors (Lipinski definition) is 0. The van der Waals surface area contributed by atoms with Gasteiger partial charge in [-0.05, 0) is 30.4 Å². The van der Waals surface area contributed by atoms with E-state index >= 15 is 0 Å². The fourth-order valence-corrected chi connectivity index (χ4v) is 3.87. The minimum Gasteiger partial charge on any atom is -0.341 e. The zero-order valence-corrected chi connectivity index (χ0v) is 17.2. The second-order valence-electron chi connectivity index (χ2n) is 7.91. The summed E-state index contributed by atoms with van der Waals surface area (Å²) in [4.78, 5) is 40.6. The number of anilines is 1. The van der Waals surface area contributed by atoms with Gasteiger partial charge >= 0.3 is 11.1 Å². The first-order valence-electron chi connectivity index (χ1n) is 9.99. The van der Waals surface area contributed by atoms with Gasteiger partial charge in [-0.3, -0.25) is 14.2 Å². The van der Waals surface area contributed by atoms with E-state index in [2.05, 4.69) is 28.8 Å². The molecule has 1 aliphatic heterocycles. The molecule has 0 spiro atoms. The summed E-state index contributed by atoms with van der Waals surface area (Å²) >= 11 is 0. The summed E-state index contributed by atoms with van der Waals surface area (Å²) in [5.41, 5.74) is 1.57. The molecule has 0 unspecified atom stereocenters. The molecule has 0 saturated carbocycles. The van der Waals surface area contributed by atoms with E-state index in [0.29, 0.717) is 48.6 Å². The summed E-state index contributed by atoms with van der Waals surface area (Å²) in [6.07, 6.45) is 6.12. The maximum atomic E-state index is 12.9. The monoisotopic (exact) mass is 405 g/mol. The SMILES string of the molecule is CC(C)c1cnc2c(c1)n(C)c(=O)c(=O)n2C1CCN(c2ncc(C#N)cn2)CC1. The van der Waals surface area contributed by atoms with Crippen LogP contribution in [0, 0.1) is 11.3 Å². The van der Waals surface area contributed by atoms with E-state index in [4.69, 9.17) is 5.26 Å². The minimum absolute atomic E-state index is 0.124. The first kappa shape index (κ1) is 19.8. The topological polar surface area (TPSA) is 110 Å². The molecule has 1 aliphatic rings. The van der Waals surface area contributed by atoms with Gasteiger partial charge in [0.15, 0.2) is 5.65 Å². The largest absolute Gasteiger partial charge is 0.341 e. The first-order valence-corrected chi connectivity index (χ1v) is 9.99. The van der Waals surface area contributed by atoms with Gasteiger partial charge in [-0.2, -0.15) is 5.26 Å². The molecule has 9 nitrogen and oxygen atoms in total. The van der Waals surface area contributed by atoms with Crippen molar-refractivity contribution in [2.24, 2.45) is 7.05 Å². The molecule has 0 radical (unpaired) electrons. The zero-order valence-electron chi connectivity index (χ0n) is 17.2.